The minimum Gasteiger partial charge on any atom is -0.495 e. The largest absolute Gasteiger partial charge is 0.495 e. The fourth-order valence-electron chi connectivity index (χ4n) is 3.53. The summed E-state index contributed by atoms with van der Waals surface area (Å²) in [6.45, 7) is 6.07. The van der Waals surface area contributed by atoms with Crippen molar-refractivity contribution >= 4 is 27.9 Å². The first kappa shape index (κ1) is 24.6. The quantitative estimate of drug-likeness (QED) is 0.594. The van der Waals surface area contributed by atoms with E-state index in [-0.39, 0.29) is 28.0 Å². The second-order valence-corrected chi connectivity index (χ2v) is 9.52. The lowest BCUT2D eigenvalue weighted by Crippen LogP contribution is -2.42. The Bertz CT molecular complexity index is 923. The molecule has 0 spiro atoms. The highest BCUT2D eigenvalue weighted by Crippen LogP contribution is 2.32. The monoisotopic (exact) mass is 455 g/mol. The van der Waals surface area contributed by atoms with E-state index in [0.29, 0.717) is 19.6 Å². The number of esters is 1. The van der Waals surface area contributed by atoms with Gasteiger partial charge in [-0.3, -0.25) is 10.1 Å². The van der Waals surface area contributed by atoms with Gasteiger partial charge < -0.3 is 14.8 Å². The molecule has 1 fully saturated rings. The van der Waals surface area contributed by atoms with Crippen molar-refractivity contribution in [3.63, 3.8) is 0 Å². The molecule has 1 saturated heterocycles. The highest BCUT2D eigenvalue weighted by atomic mass is 32.2. The van der Waals surface area contributed by atoms with Gasteiger partial charge in [-0.25, -0.2) is 18.0 Å². The molecule has 1 aromatic rings. The number of nitrogens with one attached hydrogen (secondary N) is 2. The van der Waals surface area contributed by atoms with E-state index in [9.17, 15) is 22.8 Å². The molecule has 1 aliphatic rings. The number of rotatable bonds is 7. The van der Waals surface area contributed by atoms with Crippen LogP contribution in [0.4, 0.5) is 4.79 Å². The number of carbonyl (C=O) groups excluding carboxylic acids is 3. The second kappa shape index (κ2) is 10.6. The van der Waals surface area contributed by atoms with E-state index in [0.717, 1.165) is 6.42 Å². The van der Waals surface area contributed by atoms with Crippen LogP contribution in [0.2, 0.25) is 0 Å². The second-order valence-electron chi connectivity index (χ2n) is 7.62. The van der Waals surface area contributed by atoms with Gasteiger partial charge in [-0.2, -0.15) is 4.31 Å². The van der Waals surface area contributed by atoms with Gasteiger partial charge in [0.25, 0.3) is 5.91 Å². The molecule has 2 N–H and O–H groups in total. The molecule has 0 aliphatic carbocycles. The van der Waals surface area contributed by atoms with Crippen molar-refractivity contribution in [2.24, 2.45) is 11.8 Å². The van der Waals surface area contributed by atoms with Crippen molar-refractivity contribution in [1.82, 2.24) is 14.9 Å². The molecule has 0 radical (unpaired) electrons. The molecule has 2 rings (SSSR count). The Morgan fingerprint density at radius 3 is 2.39 bits per heavy atom. The Balaban J connectivity index is 2.19. The van der Waals surface area contributed by atoms with Crippen molar-refractivity contribution in [2.45, 2.75) is 32.1 Å². The molecule has 3 amide bonds. The van der Waals surface area contributed by atoms with Gasteiger partial charge in [-0.1, -0.05) is 13.8 Å². The van der Waals surface area contributed by atoms with E-state index in [1.807, 2.05) is 19.2 Å². The summed E-state index contributed by atoms with van der Waals surface area (Å²) in [6.07, 6.45) is 0.938. The zero-order chi connectivity index (χ0) is 23.2. The maximum Gasteiger partial charge on any atom is 0.338 e. The van der Waals surface area contributed by atoms with Crippen molar-refractivity contribution in [2.75, 3.05) is 33.4 Å². The van der Waals surface area contributed by atoms with E-state index in [1.165, 1.54) is 29.6 Å². The van der Waals surface area contributed by atoms with Gasteiger partial charge in [0.1, 0.15) is 10.6 Å². The van der Waals surface area contributed by atoms with Gasteiger partial charge in [0.2, 0.25) is 10.0 Å². The lowest BCUT2D eigenvalue weighted by Gasteiger charge is -2.34. The smallest absolute Gasteiger partial charge is 0.338 e. The number of sulfonamides is 1. The van der Waals surface area contributed by atoms with Gasteiger partial charge in [0.15, 0.2) is 6.61 Å². The lowest BCUT2D eigenvalue weighted by atomic mass is 9.94. The molecule has 0 bridgehead atoms. The predicted molar refractivity (Wildman–Crippen MR) is 112 cm³/mol. The minimum atomic E-state index is -3.91. The Kier molecular flexibility index (Phi) is 8.40. The summed E-state index contributed by atoms with van der Waals surface area (Å²) in [5.74, 6) is -1.18. The number of methoxy groups -OCH3 is 1. The number of amides is 3. The molecule has 1 aliphatic heterocycles. The number of imide groups is 1. The van der Waals surface area contributed by atoms with E-state index in [2.05, 4.69) is 5.32 Å². The van der Waals surface area contributed by atoms with Gasteiger partial charge in [0.05, 0.1) is 12.7 Å². The molecule has 172 valence electrons. The first-order valence-electron chi connectivity index (χ1n) is 10.0. The molecule has 11 heteroatoms. The summed E-state index contributed by atoms with van der Waals surface area (Å²) in [7, 11) is -2.57. The van der Waals surface area contributed by atoms with Crippen molar-refractivity contribution in [1.29, 1.82) is 0 Å². The third-order valence-corrected chi connectivity index (χ3v) is 6.63. The van der Waals surface area contributed by atoms with Gasteiger partial charge in [-0.05, 0) is 43.4 Å². The Morgan fingerprint density at radius 1 is 1.16 bits per heavy atom. The third-order valence-electron chi connectivity index (χ3n) is 4.78. The molecule has 1 aromatic carbocycles. The Labute approximate surface area is 182 Å². The van der Waals surface area contributed by atoms with Crippen LogP contribution in [-0.4, -0.2) is 64.0 Å². The lowest BCUT2D eigenvalue weighted by molar-refractivity contribution is -0.123. The maximum absolute atomic E-state index is 13.3. The summed E-state index contributed by atoms with van der Waals surface area (Å²) < 4.78 is 38.1. The molecule has 2 atom stereocenters. The van der Waals surface area contributed by atoms with Crippen LogP contribution in [0.5, 0.6) is 5.75 Å². The topological polar surface area (TPSA) is 131 Å². The number of carbonyl (C=O) groups is 3. The molecule has 0 saturated carbocycles. The number of benzene rings is 1. The minimum absolute atomic E-state index is 0.0525. The average molecular weight is 456 g/mol. The van der Waals surface area contributed by atoms with Crippen LogP contribution in [0.3, 0.4) is 0 Å². The van der Waals surface area contributed by atoms with Crippen LogP contribution in [0.25, 0.3) is 0 Å². The highest BCUT2D eigenvalue weighted by molar-refractivity contribution is 7.89. The normalized spacial score (nSPS) is 19.4. The molecule has 2 unspecified atom stereocenters. The molecule has 31 heavy (non-hydrogen) atoms. The van der Waals surface area contributed by atoms with Crippen LogP contribution in [0.15, 0.2) is 23.1 Å². The molecular weight excluding hydrogens is 426 g/mol. The number of urea groups is 1. The van der Waals surface area contributed by atoms with E-state index < -0.39 is 34.5 Å². The summed E-state index contributed by atoms with van der Waals surface area (Å²) in [6, 6.07) is 3.20. The van der Waals surface area contributed by atoms with Crippen LogP contribution >= 0.6 is 0 Å². The standard InChI is InChI=1S/C20H29N3O7S/c1-5-21-20(26)22-18(24)12-30-19(25)15-6-7-16(29-4)17(9-15)31(27,28)23-10-13(2)8-14(3)11-23/h6-7,9,13-14H,5,8,10-12H2,1-4H3,(H2,21,22,24,26). The zero-order valence-corrected chi connectivity index (χ0v) is 19.0. The fraction of sp³-hybridized carbons (Fsp3) is 0.550. The zero-order valence-electron chi connectivity index (χ0n) is 18.1. The first-order valence-corrected chi connectivity index (χ1v) is 11.5. The maximum atomic E-state index is 13.3. The molecular formula is C20H29N3O7S. The summed E-state index contributed by atoms with van der Waals surface area (Å²) in [4.78, 5) is 35.2. The fourth-order valence-corrected chi connectivity index (χ4v) is 5.39. The van der Waals surface area contributed by atoms with E-state index in [4.69, 9.17) is 9.47 Å². The van der Waals surface area contributed by atoms with E-state index >= 15 is 0 Å². The average Bonchev–Trinajstić information content (AvgIpc) is 2.70. The van der Waals surface area contributed by atoms with Crippen LogP contribution < -0.4 is 15.4 Å². The molecule has 1 heterocycles. The van der Waals surface area contributed by atoms with Gasteiger partial charge in [0, 0.05) is 19.6 Å². The van der Waals surface area contributed by atoms with Crippen LogP contribution in [-0.2, 0) is 19.6 Å². The van der Waals surface area contributed by atoms with Crippen LogP contribution in [0, 0.1) is 11.8 Å². The third kappa shape index (κ3) is 6.41. The summed E-state index contributed by atoms with van der Waals surface area (Å²) in [5.41, 5.74) is -0.0525. The number of piperidine rings is 1. The van der Waals surface area contributed by atoms with Gasteiger partial charge >= 0.3 is 12.0 Å². The summed E-state index contributed by atoms with van der Waals surface area (Å²) in [5, 5.41) is 4.38. The Morgan fingerprint density at radius 2 is 1.81 bits per heavy atom. The number of hydrogen-bond donors (Lipinski definition) is 2. The SMILES string of the molecule is CCNC(=O)NC(=O)COC(=O)c1ccc(OC)c(S(=O)(=O)N2CC(C)CC(C)C2)c1. The van der Waals surface area contributed by atoms with Crippen molar-refractivity contribution in [3.05, 3.63) is 23.8 Å². The predicted octanol–water partition coefficient (Wildman–Crippen LogP) is 1.36. The van der Waals surface area contributed by atoms with Gasteiger partial charge in [-0.15, -0.1) is 0 Å². The first-order chi connectivity index (χ1) is 14.6. The Hall–Kier alpha value is -2.66. The molecule has 0 aromatic heterocycles. The van der Waals surface area contributed by atoms with E-state index in [1.54, 1.807) is 6.92 Å². The highest BCUT2D eigenvalue weighted by Gasteiger charge is 2.34. The summed E-state index contributed by atoms with van der Waals surface area (Å²) >= 11 is 0. The van der Waals surface area contributed by atoms with Crippen molar-refractivity contribution < 1.29 is 32.3 Å². The van der Waals surface area contributed by atoms with Crippen LogP contribution in [0.1, 0.15) is 37.6 Å². The van der Waals surface area contributed by atoms with Crippen molar-refractivity contribution in [3.8, 4) is 5.75 Å². The number of hydrogen-bond acceptors (Lipinski definition) is 7. The number of ether oxygens (including phenoxy) is 2. The number of nitrogens with zero attached hydrogens (tertiary/aromatic N) is 1. The molecule has 10 nitrogen and oxygen atoms in total.